The van der Waals surface area contributed by atoms with Crippen molar-refractivity contribution in [2.24, 2.45) is 5.73 Å². The molecule has 0 radical (unpaired) electrons. The Hall–Kier alpha value is -2.04. The van der Waals surface area contributed by atoms with Gasteiger partial charge in [0.1, 0.15) is 10.8 Å². The number of hydrogen-bond donors (Lipinski definition) is 1. The second-order valence-electron chi connectivity index (χ2n) is 4.83. The molecule has 0 unspecified atom stereocenters. The van der Waals surface area contributed by atoms with Gasteiger partial charge in [-0.15, -0.1) is 11.3 Å². The zero-order valence-electron chi connectivity index (χ0n) is 11.6. The summed E-state index contributed by atoms with van der Waals surface area (Å²) in [6.45, 7) is 2.12. The van der Waals surface area contributed by atoms with Gasteiger partial charge in [0.15, 0.2) is 0 Å². The standard InChI is InChI=1S/C17H15FN2S/c1-11-7-8-13(9-14(11)18)17-20-15(10-19)16(21-17)12-5-3-2-4-6-12/h2-9H,10,19H2,1H3. The third-order valence-corrected chi connectivity index (χ3v) is 4.54. The van der Waals surface area contributed by atoms with Gasteiger partial charge in [0, 0.05) is 12.1 Å². The molecule has 21 heavy (non-hydrogen) atoms. The van der Waals surface area contributed by atoms with Gasteiger partial charge >= 0.3 is 0 Å². The van der Waals surface area contributed by atoms with Crippen molar-refractivity contribution >= 4 is 11.3 Å². The van der Waals surface area contributed by atoms with Gasteiger partial charge in [-0.05, 0) is 24.1 Å². The Morgan fingerprint density at radius 3 is 2.52 bits per heavy atom. The van der Waals surface area contributed by atoms with Gasteiger partial charge in [0.25, 0.3) is 0 Å². The molecule has 0 aliphatic rings. The van der Waals surface area contributed by atoms with Crippen molar-refractivity contribution in [1.82, 2.24) is 4.98 Å². The third kappa shape index (κ3) is 2.73. The normalized spacial score (nSPS) is 10.8. The first-order valence-corrected chi connectivity index (χ1v) is 7.52. The highest BCUT2D eigenvalue weighted by Gasteiger charge is 2.13. The van der Waals surface area contributed by atoms with Gasteiger partial charge in [-0.2, -0.15) is 0 Å². The van der Waals surface area contributed by atoms with Crippen LogP contribution in [0, 0.1) is 12.7 Å². The number of halogens is 1. The fourth-order valence-electron chi connectivity index (χ4n) is 2.15. The first-order chi connectivity index (χ1) is 10.2. The molecule has 0 saturated carbocycles. The molecular formula is C17H15FN2S. The van der Waals surface area contributed by atoms with Gasteiger partial charge < -0.3 is 5.73 Å². The summed E-state index contributed by atoms with van der Waals surface area (Å²) in [7, 11) is 0. The maximum Gasteiger partial charge on any atom is 0.126 e. The fraction of sp³-hybridized carbons (Fsp3) is 0.118. The minimum Gasteiger partial charge on any atom is -0.325 e. The molecule has 2 aromatic carbocycles. The molecular weight excluding hydrogens is 283 g/mol. The summed E-state index contributed by atoms with van der Waals surface area (Å²) in [5.74, 6) is -0.210. The topological polar surface area (TPSA) is 38.9 Å². The van der Waals surface area contributed by atoms with Crippen molar-refractivity contribution in [1.29, 1.82) is 0 Å². The van der Waals surface area contributed by atoms with Gasteiger partial charge in [-0.3, -0.25) is 0 Å². The largest absolute Gasteiger partial charge is 0.325 e. The predicted octanol–water partition coefficient (Wildman–Crippen LogP) is 4.38. The van der Waals surface area contributed by atoms with Gasteiger partial charge in [-0.1, -0.05) is 42.5 Å². The average molecular weight is 298 g/mol. The van der Waals surface area contributed by atoms with Crippen LogP contribution in [-0.4, -0.2) is 4.98 Å². The molecule has 3 rings (SSSR count). The first kappa shape index (κ1) is 13.9. The number of aromatic nitrogens is 1. The highest BCUT2D eigenvalue weighted by Crippen LogP contribution is 2.35. The van der Waals surface area contributed by atoms with Crippen LogP contribution in [0.1, 0.15) is 11.3 Å². The quantitative estimate of drug-likeness (QED) is 0.779. The monoisotopic (exact) mass is 298 g/mol. The lowest BCUT2D eigenvalue weighted by atomic mass is 10.1. The van der Waals surface area contributed by atoms with Crippen molar-refractivity contribution < 1.29 is 4.39 Å². The van der Waals surface area contributed by atoms with Crippen LogP contribution in [0.5, 0.6) is 0 Å². The van der Waals surface area contributed by atoms with E-state index < -0.39 is 0 Å². The molecule has 0 amide bonds. The SMILES string of the molecule is Cc1ccc(-c2nc(CN)c(-c3ccccc3)s2)cc1F. The molecule has 2 nitrogen and oxygen atoms in total. The predicted molar refractivity (Wildman–Crippen MR) is 85.6 cm³/mol. The molecule has 1 aromatic heterocycles. The minimum atomic E-state index is -0.210. The van der Waals surface area contributed by atoms with Crippen molar-refractivity contribution in [2.45, 2.75) is 13.5 Å². The van der Waals surface area contributed by atoms with Crippen molar-refractivity contribution in [3.8, 4) is 21.0 Å². The summed E-state index contributed by atoms with van der Waals surface area (Å²) in [4.78, 5) is 5.62. The second kappa shape index (κ2) is 5.76. The van der Waals surface area contributed by atoms with E-state index in [1.165, 1.54) is 6.07 Å². The molecule has 0 bridgehead atoms. The molecule has 0 spiro atoms. The molecule has 106 valence electrons. The van der Waals surface area contributed by atoms with Crippen LogP contribution < -0.4 is 5.73 Å². The summed E-state index contributed by atoms with van der Waals surface area (Å²) >= 11 is 1.55. The van der Waals surface area contributed by atoms with E-state index in [9.17, 15) is 4.39 Å². The summed E-state index contributed by atoms with van der Waals surface area (Å²) in [5, 5.41) is 0.799. The maximum absolute atomic E-state index is 13.7. The van der Waals surface area contributed by atoms with Crippen molar-refractivity contribution in [2.75, 3.05) is 0 Å². The summed E-state index contributed by atoms with van der Waals surface area (Å²) in [6.07, 6.45) is 0. The molecule has 0 fully saturated rings. The Labute approximate surface area is 127 Å². The molecule has 4 heteroatoms. The first-order valence-electron chi connectivity index (χ1n) is 6.70. The van der Waals surface area contributed by atoms with Crippen LogP contribution in [0.25, 0.3) is 21.0 Å². The smallest absolute Gasteiger partial charge is 0.126 e. The highest BCUT2D eigenvalue weighted by molar-refractivity contribution is 7.18. The van der Waals surface area contributed by atoms with E-state index in [4.69, 9.17) is 5.73 Å². The Bertz CT molecular complexity index is 766. The Morgan fingerprint density at radius 1 is 1.10 bits per heavy atom. The number of aryl methyl sites for hydroxylation is 1. The molecule has 0 atom stereocenters. The van der Waals surface area contributed by atoms with Gasteiger partial charge in [0.05, 0.1) is 10.6 Å². The summed E-state index contributed by atoms with van der Waals surface area (Å²) < 4.78 is 13.7. The lowest BCUT2D eigenvalue weighted by Crippen LogP contribution is -1.98. The van der Waals surface area contributed by atoms with Gasteiger partial charge in [0.2, 0.25) is 0 Å². The van der Waals surface area contributed by atoms with Crippen molar-refractivity contribution in [3.05, 3.63) is 65.6 Å². The van der Waals surface area contributed by atoms with Gasteiger partial charge in [-0.25, -0.2) is 9.37 Å². The van der Waals surface area contributed by atoms with Crippen LogP contribution in [0.4, 0.5) is 4.39 Å². The maximum atomic E-state index is 13.7. The number of rotatable bonds is 3. The summed E-state index contributed by atoms with van der Waals surface area (Å²) in [5.41, 5.74) is 9.17. The highest BCUT2D eigenvalue weighted by atomic mass is 32.1. The van der Waals surface area contributed by atoms with Crippen LogP contribution in [0.3, 0.4) is 0 Å². The zero-order valence-corrected chi connectivity index (χ0v) is 12.5. The van der Waals surface area contributed by atoms with E-state index in [0.29, 0.717) is 12.1 Å². The number of thiazole rings is 1. The lowest BCUT2D eigenvalue weighted by Gasteiger charge is -1.99. The number of benzene rings is 2. The lowest BCUT2D eigenvalue weighted by molar-refractivity contribution is 0.619. The van der Waals surface area contributed by atoms with E-state index in [0.717, 1.165) is 26.7 Å². The van der Waals surface area contributed by atoms with E-state index in [-0.39, 0.29) is 5.82 Å². The number of nitrogens with two attached hydrogens (primary N) is 1. The van der Waals surface area contributed by atoms with E-state index in [1.54, 1.807) is 24.3 Å². The molecule has 0 aliphatic heterocycles. The Kier molecular flexibility index (Phi) is 3.82. The van der Waals surface area contributed by atoms with Crippen LogP contribution in [-0.2, 0) is 6.54 Å². The molecule has 0 aliphatic carbocycles. The average Bonchev–Trinajstić information content (AvgIpc) is 2.95. The molecule has 3 aromatic rings. The number of nitrogens with zero attached hydrogens (tertiary/aromatic N) is 1. The van der Waals surface area contributed by atoms with E-state index in [2.05, 4.69) is 4.98 Å². The van der Waals surface area contributed by atoms with Crippen LogP contribution in [0.2, 0.25) is 0 Å². The van der Waals surface area contributed by atoms with E-state index in [1.807, 2.05) is 36.4 Å². The molecule has 1 heterocycles. The van der Waals surface area contributed by atoms with Crippen LogP contribution >= 0.6 is 11.3 Å². The van der Waals surface area contributed by atoms with Crippen molar-refractivity contribution in [3.63, 3.8) is 0 Å². The molecule has 2 N–H and O–H groups in total. The second-order valence-corrected chi connectivity index (χ2v) is 5.83. The molecule has 0 saturated heterocycles. The number of hydrogen-bond acceptors (Lipinski definition) is 3. The fourth-order valence-corrected chi connectivity index (χ4v) is 3.25. The zero-order chi connectivity index (χ0) is 14.8. The summed E-state index contributed by atoms with van der Waals surface area (Å²) in [6, 6.07) is 15.2. The van der Waals surface area contributed by atoms with E-state index >= 15 is 0 Å². The minimum absolute atomic E-state index is 0.210. The Morgan fingerprint density at radius 2 is 1.86 bits per heavy atom. The third-order valence-electron chi connectivity index (χ3n) is 3.35. The Balaban J connectivity index is 2.09. The van der Waals surface area contributed by atoms with Crippen LogP contribution in [0.15, 0.2) is 48.5 Å².